The minimum Gasteiger partial charge on any atom is -0.370 e. The van der Waals surface area contributed by atoms with Crippen LogP contribution in [0.15, 0.2) is 42.5 Å². The molecule has 0 bridgehead atoms. The number of anilines is 2. The summed E-state index contributed by atoms with van der Waals surface area (Å²) in [7, 11) is 2.00. The first kappa shape index (κ1) is 14.9. The van der Waals surface area contributed by atoms with Crippen LogP contribution >= 0.6 is 0 Å². The Bertz CT molecular complexity index is 631. The third kappa shape index (κ3) is 4.22. The number of hydrogen-bond acceptors (Lipinski definition) is 4. The van der Waals surface area contributed by atoms with E-state index in [9.17, 15) is 0 Å². The molecule has 0 aliphatic carbocycles. The summed E-state index contributed by atoms with van der Waals surface area (Å²) in [5.41, 5.74) is 1.79. The second-order valence-electron chi connectivity index (χ2n) is 4.98. The highest BCUT2D eigenvalue weighted by molar-refractivity contribution is 5.47. The molecule has 0 amide bonds. The van der Waals surface area contributed by atoms with Gasteiger partial charge in [0.05, 0.1) is 11.6 Å². The molecule has 0 radical (unpaired) electrons. The Hall–Kier alpha value is -2.54. The van der Waals surface area contributed by atoms with Crippen LogP contribution in [0.5, 0.6) is 0 Å². The number of hydrogen-bond donors (Lipinski definition) is 1. The number of rotatable bonds is 6. The molecule has 0 spiro atoms. The van der Waals surface area contributed by atoms with Crippen molar-refractivity contribution in [3.63, 3.8) is 0 Å². The second-order valence-corrected chi connectivity index (χ2v) is 4.98. The minimum absolute atomic E-state index is 0.687. The highest BCUT2D eigenvalue weighted by Gasteiger charge is 2.05. The van der Waals surface area contributed by atoms with Crippen LogP contribution < -0.4 is 10.2 Å². The summed E-state index contributed by atoms with van der Waals surface area (Å²) in [6, 6.07) is 15.8. The van der Waals surface area contributed by atoms with E-state index in [1.807, 2.05) is 49.5 Å². The Kier molecular flexibility index (Phi) is 5.16. The molecule has 108 valence electrons. The van der Waals surface area contributed by atoms with Crippen LogP contribution in [0.4, 0.5) is 11.6 Å². The largest absolute Gasteiger partial charge is 0.370 e. The molecule has 21 heavy (non-hydrogen) atoms. The third-order valence-electron chi connectivity index (χ3n) is 3.16. The van der Waals surface area contributed by atoms with Gasteiger partial charge in [0.1, 0.15) is 11.6 Å². The SMILES string of the molecule is CCCNc1cccc(N(C)Cc2cccc(C#N)c2)n1. The normalized spacial score (nSPS) is 9.95. The molecule has 0 saturated carbocycles. The summed E-state index contributed by atoms with van der Waals surface area (Å²) in [6.45, 7) is 3.77. The van der Waals surface area contributed by atoms with Crippen LogP contribution in [0.25, 0.3) is 0 Å². The molecule has 1 heterocycles. The monoisotopic (exact) mass is 280 g/mol. The van der Waals surface area contributed by atoms with Crippen molar-refractivity contribution in [1.82, 2.24) is 4.98 Å². The molecule has 0 atom stereocenters. The molecule has 2 aromatic rings. The van der Waals surface area contributed by atoms with Gasteiger partial charge in [-0.15, -0.1) is 0 Å². The molecular formula is C17H20N4. The molecule has 4 nitrogen and oxygen atoms in total. The van der Waals surface area contributed by atoms with Crippen LogP contribution in [0, 0.1) is 11.3 Å². The predicted octanol–water partition coefficient (Wildman–Crippen LogP) is 3.41. The smallest absolute Gasteiger partial charge is 0.130 e. The van der Waals surface area contributed by atoms with Gasteiger partial charge in [0.25, 0.3) is 0 Å². The van der Waals surface area contributed by atoms with E-state index in [1.165, 1.54) is 0 Å². The van der Waals surface area contributed by atoms with Gasteiger partial charge in [-0.3, -0.25) is 0 Å². The highest BCUT2D eigenvalue weighted by atomic mass is 15.2. The Morgan fingerprint density at radius 2 is 2.05 bits per heavy atom. The molecule has 2 rings (SSSR count). The average molecular weight is 280 g/mol. The van der Waals surface area contributed by atoms with E-state index < -0.39 is 0 Å². The van der Waals surface area contributed by atoms with Crippen LogP contribution in [-0.2, 0) is 6.54 Å². The van der Waals surface area contributed by atoms with Gasteiger partial charge in [0.2, 0.25) is 0 Å². The summed E-state index contributed by atoms with van der Waals surface area (Å²) in [5, 5.41) is 12.2. The molecule has 1 aromatic carbocycles. The van der Waals surface area contributed by atoms with E-state index in [-0.39, 0.29) is 0 Å². The lowest BCUT2D eigenvalue weighted by Gasteiger charge is -2.19. The van der Waals surface area contributed by atoms with Crippen LogP contribution in [0.2, 0.25) is 0 Å². The number of nitriles is 1. The van der Waals surface area contributed by atoms with E-state index in [0.717, 1.165) is 36.7 Å². The van der Waals surface area contributed by atoms with Crippen molar-refractivity contribution in [1.29, 1.82) is 5.26 Å². The summed E-state index contributed by atoms with van der Waals surface area (Å²) in [5.74, 6) is 1.81. The van der Waals surface area contributed by atoms with E-state index in [0.29, 0.717) is 5.56 Å². The molecular weight excluding hydrogens is 260 g/mol. The zero-order valence-corrected chi connectivity index (χ0v) is 12.5. The van der Waals surface area contributed by atoms with Crippen molar-refractivity contribution in [3.05, 3.63) is 53.6 Å². The van der Waals surface area contributed by atoms with E-state index in [4.69, 9.17) is 5.26 Å². The summed E-state index contributed by atoms with van der Waals surface area (Å²) in [6.07, 6.45) is 1.07. The Morgan fingerprint density at radius 3 is 2.81 bits per heavy atom. The average Bonchev–Trinajstić information content (AvgIpc) is 2.53. The highest BCUT2D eigenvalue weighted by Crippen LogP contribution is 2.16. The van der Waals surface area contributed by atoms with E-state index in [2.05, 4.69) is 28.2 Å². The lowest BCUT2D eigenvalue weighted by Crippen LogP contribution is -2.18. The van der Waals surface area contributed by atoms with Crippen molar-refractivity contribution in [2.24, 2.45) is 0 Å². The van der Waals surface area contributed by atoms with Gasteiger partial charge in [0.15, 0.2) is 0 Å². The number of nitrogens with zero attached hydrogens (tertiary/aromatic N) is 3. The molecule has 1 aromatic heterocycles. The Balaban J connectivity index is 2.09. The van der Waals surface area contributed by atoms with Crippen molar-refractivity contribution < 1.29 is 0 Å². The van der Waals surface area contributed by atoms with Crippen molar-refractivity contribution in [3.8, 4) is 6.07 Å². The quantitative estimate of drug-likeness (QED) is 0.881. The molecule has 4 heteroatoms. The Morgan fingerprint density at radius 1 is 1.24 bits per heavy atom. The van der Waals surface area contributed by atoms with Gasteiger partial charge >= 0.3 is 0 Å². The van der Waals surface area contributed by atoms with Crippen LogP contribution in [-0.4, -0.2) is 18.6 Å². The zero-order chi connectivity index (χ0) is 15.1. The van der Waals surface area contributed by atoms with E-state index in [1.54, 1.807) is 0 Å². The summed E-state index contributed by atoms with van der Waals surface area (Å²) < 4.78 is 0. The van der Waals surface area contributed by atoms with Gasteiger partial charge in [-0.1, -0.05) is 25.1 Å². The first-order chi connectivity index (χ1) is 10.2. The number of benzene rings is 1. The zero-order valence-electron chi connectivity index (χ0n) is 12.5. The topological polar surface area (TPSA) is 52.0 Å². The molecule has 0 aliphatic heterocycles. The maximum atomic E-state index is 8.95. The molecule has 0 aliphatic rings. The fourth-order valence-electron chi connectivity index (χ4n) is 2.08. The summed E-state index contributed by atoms with van der Waals surface area (Å²) in [4.78, 5) is 6.68. The third-order valence-corrected chi connectivity index (χ3v) is 3.16. The minimum atomic E-state index is 0.687. The molecule has 1 N–H and O–H groups in total. The molecule has 0 saturated heterocycles. The van der Waals surface area contributed by atoms with E-state index >= 15 is 0 Å². The number of nitrogens with one attached hydrogen (secondary N) is 1. The second kappa shape index (κ2) is 7.30. The van der Waals surface area contributed by atoms with Crippen molar-refractivity contribution >= 4 is 11.6 Å². The fourth-order valence-corrected chi connectivity index (χ4v) is 2.08. The fraction of sp³-hybridized carbons (Fsp3) is 0.294. The standard InChI is InChI=1S/C17H20N4/c1-3-10-19-16-8-5-9-17(20-16)21(2)13-15-7-4-6-14(11-15)12-18/h4-9,11H,3,10,13H2,1-2H3,(H,19,20). The predicted molar refractivity (Wildman–Crippen MR) is 86.3 cm³/mol. The molecule has 0 unspecified atom stereocenters. The van der Waals surface area contributed by atoms with Gasteiger partial charge in [-0.05, 0) is 36.2 Å². The summed E-state index contributed by atoms with van der Waals surface area (Å²) >= 11 is 0. The van der Waals surface area contributed by atoms with Crippen LogP contribution in [0.3, 0.4) is 0 Å². The van der Waals surface area contributed by atoms with Crippen LogP contribution in [0.1, 0.15) is 24.5 Å². The first-order valence-corrected chi connectivity index (χ1v) is 7.14. The van der Waals surface area contributed by atoms with Crippen molar-refractivity contribution in [2.75, 3.05) is 23.8 Å². The van der Waals surface area contributed by atoms with Crippen molar-refractivity contribution in [2.45, 2.75) is 19.9 Å². The van der Waals surface area contributed by atoms with Gasteiger partial charge in [0, 0.05) is 20.1 Å². The molecule has 0 fully saturated rings. The van der Waals surface area contributed by atoms with Gasteiger partial charge < -0.3 is 10.2 Å². The van der Waals surface area contributed by atoms with Gasteiger partial charge in [-0.25, -0.2) is 4.98 Å². The van der Waals surface area contributed by atoms with Gasteiger partial charge in [-0.2, -0.15) is 5.26 Å². The lowest BCUT2D eigenvalue weighted by atomic mass is 10.1. The maximum absolute atomic E-state index is 8.95. The Labute approximate surface area is 126 Å². The first-order valence-electron chi connectivity index (χ1n) is 7.14. The number of aromatic nitrogens is 1. The maximum Gasteiger partial charge on any atom is 0.130 e. The number of pyridine rings is 1. The lowest BCUT2D eigenvalue weighted by molar-refractivity contribution is 0.894.